The van der Waals surface area contributed by atoms with Crippen molar-refractivity contribution in [3.05, 3.63) is 24.2 Å². The number of rotatable bonds is 4. The Morgan fingerprint density at radius 2 is 2.17 bits per heavy atom. The van der Waals surface area contributed by atoms with Crippen LogP contribution in [0.25, 0.3) is 0 Å². The molecule has 2 aromatic heterocycles. The maximum atomic E-state index is 11.2. The van der Waals surface area contributed by atoms with Crippen molar-refractivity contribution in [3.8, 4) is 0 Å². The predicted molar refractivity (Wildman–Crippen MR) is 63.1 cm³/mol. The van der Waals surface area contributed by atoms with E-state index in [0.717, 1.165) is 5.82 Å². The van der Waals surface area contributed by atoms with E-state index in [1.807, 2.05) is 6.92 Å². The fourth-order valence-electron chi connectivity index (χ4n) is 1.60. The van der Waals surface area contributed by atoms with Crippen LogP contribution in [0.15, 0.2) is 17.6 Å². The van der Waals surface area contributed by atoms with Crippen LogP contribution in [0.4, 0.5) is 0 Å². The van der Waals surface area contributed by atoms with Gasteiger partial charge in [0.15, 0.2) is 5.03 Å². The maximum Gasteiger partial charge on any atom is 0.257 e. The average molecular weight is 270 g/mol. The molecule has 0 fully saturated rings. The first kappa shape index (κ1) is 12.7. The lowest BCUT2D eigenvalue weighted by atomic mass is 10.5. The zero-order chi connectivity index (χ0) is 13.3. The second kappa shape index (κ2) is 4.50. The highest BCUT2D eigenvalue weighted by Crippen LogP contribution is 2.09. The third-order valence-corrected chi connectivity index (χ3v) is 3.33. The molecule has 0 atom stereocenters. The summed E-state index contributed by atoms with van der Waals surface area (Å²) >= 11 is 0. The first-order valence-corrected chi connectivity index (χ1v) is 6.89. The Morgan fingerprint density at radius 1 is 1.44 bits per heavy atom. The Balaban J connectivity index is 2.33. The predicted octanol–water partition coefficient (Wildman–Crippen LogP) is -0.501. The van der Waals surface area contributed by atoms with Crippen LogP contribution in [0.1, 0.15) is 18.6 Å². The number of aryl methyl sites for hydroxylation is 2. The smallest absolute Gasteiger partial charge is 0.257 e. The monoisotopic (exact) mass is 270 g/mol. The minimum atomic E-state index is -3.77. The Bertz CT molecular complexity index is 656. The van der Waals surface area contributed by atoms with Gasteiger partial charge in [-0.1, -0.05) is 0 Å². The molecule has 18 heavy (non-hydrogen) atoms. The molecule has 0 aliphatic carbocycles. The van der Waals surface area contributed by atoms with E-state index in [1.165, 1.54) is 12.5 Å². The molecule has 9 heteroatoms. The van der Waals surface area contributed by atoms with Gasteiger partial charge in [-0.2, -0.15) is 5.10 Å². The summed E-state index contributed by atoms with van der Waals surface area (Å²) < 4.78 is 25.8. The molecular formula is C9H14N6O2S. The van der Waals surface area contributed by atoms with Crippen LogP contribution in [-0.4, -0.2) is 32.7 Å². The molecule has 0 amide bonds. The molecule has 2 N–H and O–H groups in total. The molecule has 0 aliphatic heterocycles. The van der Waals surface area contributed by atoms with Crippen LogP contribution in [0, 0.1) is 6.92 Å². The number of aromatic nitrogens is 5. The molecule has 2 aromatic rings. The molecule has 8 nitrogen and oxygen atoms in total. The minimum Gasteiger partial charge on any atom is -0.326 e. The van der Waals surface area contributed by atoms with Crippen LogP contribution < -0.4 is 5.14 Å². The Kier molecular flexibility index (Phi) is 3.18. The Labute approximate surface area is 105 Å². The topological polar surface area (TPSA) is 109 Å². The van der Waals surface area contributed by atoms with E-state index < -0.39 is 10.0 Å². The lowest BCUT2D eigenvalue weighted by Crippen LogP contribution is -2.12. The first-order valence-electron chi connectivity index (χ1n) is 5.35. The van der Waals surface area contributed by atoms with E-state index in [1.54, 1.807) is 16.2 Å². The van der Waals surface area contributed by atoms with Gasteiger partial charge in [0.1, 0.15) is 18.0 Å². The van der Waals surface area contributed by atoms with Crippen molar-refractivity contribution in [1.82, 2.24) is 24.3 Å². The van der Waals surface area contributed by atoms with Crippen LogP contribution in [-0.2, 0) is 23.1 Å². The maximum absolute atomic E-state index is 11.2. The fourth-order valence-corrected chi connectivity index (χ4v) is 2.14. The minimum absolute atomic E-state index is 0.137. The summed E-state index contributed by atoms with van der Waals surface area (Å²) in [6.07, 6.45) is 2.87. The van der Waals surface area contributed by atoms with Crippen LogP contribution in [0.2, 0.25) is 0 Å². The Hall–Kier alpha value is -1.74. The standard InChI is InChI=1S/C9H14N6O2S/c1-3-15-8(11-6-12-15)4-14-5-9(13-7(14)2)18(10,16)17/h5-6H,3-4H2,1-2H3,(H2,10,16,17). The molecular weight excluding hydrogens is 256 g/mol. The number of primary sulfonamides is 1. The highest BCUT2D eigenvalue weighted by Gasteiger charge is 2.15. The number of hydrogen-bond donors (Lipinski definition) is 1. The van der Waals surface area contributed by atoms with Crippen molar-refractivity contribution in [2.75, 3.05) is 0 Å². The van der Waals surface area contributed by atoms with Gasteiger partial charge in [0.2, 0.25) is 0 Å². The van der Waals surface area contributed by atoms with Gasteiger partial charge < -0.3 is 4.57 Å². The third-order valence-electron chi connectivity index (χ3n) is 2.55. The van der Waals surface area contributed by atoms with Crippen LogP contribution in [0.5, 0.6) is 0 Å². The summed E-state index contributed by atoms with van der Waals surface area (Å²) in [6.45, 7) is 4.77. The first-order chi connectivity index (χ1) is 8.41. The summed E-state index contributed by atoms with van der Waals surface area (Å²) in [6, 6.07) is 0. The van der Waals surface area contributed by atoms with E-state index in [4.69, 9.17) is 5.14 Å². The number of nitrogens with two attached hydrogens (primary N) is 1. The summed E-state index contributed by atoms with van der Waals surface area (Å²) in [5.41, 5.74) is 0. The number of hydrogen-bond acceptors (Lipinski definition) is 5. The second-order valence-corrected chi connectivity index (χ2v) is 5.30. The molecule has 0 saturated heterocycles. The van der Waals surface area contributed by atoms with Gasteiger partial charge in [0, 0.05) is 12.7 Å². The molecule has 0 unspecified atom stereocenters. The molecule has 98 valence electrons. The number of nitrogens with zero attached hydrogens (tertiary/aromatic N) is 5. The molecule has 2 rings (SSSR count). The van der Waals surface area contributed by atoms with E-state index >= 15 is 0 Å². The van der Waals surface area contributed by atoms with Crippen LogP contribution >= 0.6 is 0 Å². The number of sulfonamides is 1. The number of imidazole rings is 1. The summed E-state index contributed by atoms with van der Waals surface area (Å²) in [5.74, 6) is 1.30. The summed E-state index contributed by atoms with van der Waals surface area (Å²) in [5, 5.41) is 8.94. The molecule has 0 saturated carbocycles. The van der Waals surface area contributed by atoms with Crippen molar-refractivity contribution >= 4 is 10.0 Å². The highest BCUT2D eigenvalue weighted by atomic mass is 32.2. The van der Waals surface area contributed by atoms with Crippen molar-refractivity contribution in [3.63, 3.8) is 0 Å². The van der Waals surface area contributed by atoms with E-state index in [9.17, 15) is 8.42 Å². The average Bonchev–Trinajstić information content (AvgIpc) is 2.86. The van der Waals surface area contributed by atoms with Gasteiger partial charge in [0.05, 0.1) is 6.54 Å². The van der Waals surface area contributed by atoms with E-state index in [2.05, 4.69) is 15.1 Å². The van der Waals surface area contributed by atoms with E-state index in [0.29, 0.717) is 18.9 Å². The molecule has 0 aliphatic rings. The fraction of sp³-hybridized carbons (Fsp3) is 0.444. The van der Waals surface area contributed by atoms with E-state index in [-0.39, 0.29) is 5.03 Å². The van der Waals surface area contributed by atoms with Crippen LogP contribution in [0.3, 0.4) is 0 Å². The van der Waals surface area contributed by atoms with Crippen molar-refractivity contribution in [2.45, 2.75) is 32.0 Å². The summed E-state index contributed by atoms with van der Waals surface area (Å²) in [7, 11) is -3.77. The van der Waals surface area contributed by atoms with Gasteiger partial charge in [-0.05, 0) is 13.8 Å². The lowest BCUT2D eigenvalue weighted by Gasteiger charge is -2.05. The van der Waals surface area contributed by atoms with Crippen molar-refractivity contribution < 1.29 is 8.42 Å². The lowest BCUT2D eigenvalue weighted by molar-refractivity contribution is 0.586. The normalized spacial score (nSPS) is 11.9. The quantitative estimate of drug-likeness (QED) is 0.805. The summed E-state index contributed by atoms with van der Waals surface area (Å²) in [4.78, 5) is 8.03. The largest absolute Gasteiger partial charge is 0.326 e. The molecule has 0 spiro atoms. The van der Waals surface area contributed by atoms with Gasteiger partial charge in [-0.15, -0.1) is 0 Å². The molecule has 2 heterocycles. The van der Waals surface area contributed by atoms with Gasteiger partial charge in [-0.25, -0.2) is 28.2 Å². The van der Waals surface area contributed by atoms with Gasteiger partial charge in [0.25, 0.3) is 10.0 Å². The SMILES string of the molecule is CCn1ncnc1Cn1cc(S(N)(=O)=O)nc1C. The van der Waals surface area contributed by atoms with Gasteiger partial charge in [-0.3, -0.25) is 0 Å². The zero-order valence-electron chi connectivity index (χ0n) is 10.1. The van der Waals surface area contributed by atoms with Crippen molar-refractivity contribution in [1.29, 1.82) is 0 Å². The highest BCUT2D eigenvalue weighted by molar-refractivity contribution is 7.89. The molecule has 0 aromatic carbocycles. The zero-order valence-corrected chi connectivity index (χ0v) is 10.9. The molecule has 0 radical (unpaired) electrons. The van der Waals surface area contributed by atoms with Crippen molar-refractivity contribution in [2.24, 2.45) is 5.14 Å². The van der Waals surface area contributed by atoms with Gasteiger partial charge >= 0.3 is 0 Å². The Morgan fingerprint density at radius 3 is 2.72 bits per heavy atom. The second-order valence-electron chi connectivity index (χ2n) is 3.79. The molecule has 0 bridgehead atoms. The third kappa shape index (κ3) is 2.41.